The third-order valence-corrected chi connectivity index (χ3v) is 12.9. The van der Waals surface area contributed by atoms with Gasteiger partial charge in [0.05, 0.1) is 37.1 Å². The van der Waals surface area contributed by atoms with Crippen molar-refractivity contribution >= 4 is 92.8 Å². The van der Waals surface area contributed by atoms with Crippen molar-refractivity contribution in [2.24, 2.45) is 0 Å². The van der Waals surface area contributed by atoms with Gasteiger partial charge in [-0.2, -0.15) is 0 Å². The molecule has 0 saturated heterocycles. The van der Waals surface area contributed by atoms with Gasteiger partial charge in [0.15, 0.2) is 11.5 Å². The number of benzene rings is 9. The molecule has 0 saturated carbocycles. The van der Waals surface area contributed by atoms with Gasteiger partial charge in [-0.15, -0.1) is 0 Å². The summed E-state index contributed by atoms with van der Waals surface area (Å²) in [6.45, 7) is 0. The molecule has 0 N–H and O–H groups in total. The highest BCUT2D eigenvalue weighted by Crippen LogP contribution is 2.58. The summed E-state index contributed by atoms with van der Waals surface area (Å²) in [6, 6.07) is 62.7. The smallest absolute Gasteiger partial charge is 0.151 e. The Morgan fingerprint density at radius 1 is 0.387 bits per heavy atom. The molecular formula is C54H31Br2NO5. The van der Waals surface area contributed by atoms with Gasteiger partial charge < -0.3 is 27.9 Å². The number of nitrogens with zero attached hydrogens (tertiary/aromatic N) is 1. The van der Waals surface area contributed by atoms with E-state index in [4.69, 9.17) is 23.0 Å². The van der Waals surface area contributed by atoms with Crippen LogP contribution in [0.1, 0.15) is 0 Å². The standard InChI is InChI=1S/C54H31Br2NO5/c55-50-46(59-44-29-27-36-34-19-7-11-23-40(34)61-53(36)48(44)32-15-3-1-4-16-32)31-47(51(56)52(50)57-38-21-9-13-25-42(38)58-43-26-14-10-22-39(43)57)60-45-30-28-37-35-20-8-12-24-41(35)62-54(37)49(45)33-17-5-2-6-18-33/h1-31H. The Hall–Kier alpha value is -7.26. The molecule has 1 aliphatic rings. The van der Waals surface area contributed by atoms with E-state index in [2.05, 4.69) is 85.3 Å². The molecule has 0 amide bonds. The summed E-state index contributed by atoms with van der Waals surface area (Å²) >= 11 is 8.16. The van der Waals surface area contributed by atoms with Gasteiger partial charge in [-0.3, -0.25) is 0 Å². The third kappa shape index (κ3) is 5.90. The average Bonchev–Trinajstić information content (AvgIpc) is 3.89. The predicted molar refractivity (Wildman–Crippen MR) is 255 cm³/mol. The van der Waals surface area contributed by atoms with E-state index in [1.54, 1.807) is 0 Å². The van der Waals surface area contributed by atoms with Crippen LogP contribution in [0.3, 0.4) is 0 Å². The highest BCUT2D eigenvalue weighted by molar-refractivity contribution is 9.11. The Labute approximate surface area is 372 Å². The first-order valence-corrected chi connectivity index (χ1v) is 21.7. The van der Waals surface area contributed by atoms with Crippen molar-refractivity contribution in [3.63, 3.8) is 0 Å². The molecule has 2 aromatic heterocycles. The molecule has 0 atom stereocenters. The van der Waals surface area contributed by atoms with E-state index in [1.165, 1.54) is 0 Å². The molecule has 12 rings (SSSR count). The second kappa shape index (κ2) is 14.7. The minimum atomic E-state index is 0.512. The van der Waals surface area contributed by atoms with Crippen LogP contribution in [0, 0.1) is 0 Å². The Bertz CT molecular complexity index is 3310. The van der Waals surface area contributed by atoms with E-state index >= 15 is 0 Å². The number of hydrogen-bond acceptors (Lipinski definition) is 6. The van der Waals surface area contributed by atoms with Crippen molar-refractivity contribution in [3.8, 4) is 56.8 Å². The second-order valence-electron chi connectivity index (χ2n) is 15.0. The fourth-order valence-corrected chi connectivity index (χ4v) is 9.98. The van der Waals surface area contributed by atoms with Crippen molar-refractivity contribution in [2.75, 3.05) is 4.90 Å². The molecule has 9 aromatic carbocycles. The zero-order chi connectivity index (χ0) is 41.3. The Kier molecular flexibility index (Phi) is 8.69. The molecule has 0 fully saturated rings. The maximum Gasteiger partial charge on any atom is 0.151 e. The average molecular weight is 934 g/mol. The largest absolute Gasteiger partial charge is 0.455 e. The second-order valence-corrected chi connectivity index (χ2v) is 16.6. The van der Waals surface area contributed by atoms with Gasteiger partial charge in [-0.25, -0.2) is 0 Å². The number of hydrogen-bond donors (Lipinski definition) is 0. The molecule has 8 heteroatoms. The first-order chi connectivity index (χ1) is 30.6. The lowest BCUT2D eigenvalue weighted by Gasteiger charge is -2.34. The van der Waals surface area contributed by atoms with Gasteiger partial charge in [0.25, 0.3) is 0 Å². The van der Waals surface area contributed by atoms with Crippen molar-refractivity contribution in [1.82, 2.24) is 0 Å². The lowest BCUT2D eigenvalue weighted by Crippen LogP contribution is -2.17. The van der Waals surface area contributed by atoms with Crippen LogP contribution in [-0.2, 0) is 0 Å². The molecule has 11 aromatic rings. The van der Waals surface area contributed by atoms with Crippen LogP contribution < -0.4 is 19.1 Å². The molecule has 0 spiro atoms. The fraction of sp³-hybridized carbons (Fsp3) is 0. The topological polar surface area (TPSA) is 57.2 Å². The first kappa shape index (κ1) is 36.6. The molecule has 6 nitrogen and oxygen atoms in total. The number of rotatable bonds is 7. The number of fused-ring (bicyclic) bond motifs is 8. The van der Waals surface area contributed by atoms with E-state index in [1.807, 2.05) is 140 Å². The fourth-order valence-electron chi connectivity index (χ4n) is 8.57. The van der Waals surface area contributed by atoms with E-state index in [-0.39, 0.29) is 0 Å². The van der Waals surface area contributed by atoms with Crippen LogP contribution in [0.5, 0.6) is 34.5 Å². The summed E-state index contributed by atoms with van der Waals surface area (Å²) in [5.74, 6) is 3.67. The molecule has 296 valence electrons. The normalized spacial score (nSPS) is 12.1. The summed E-state index contributed by atoms with van der Waals surface area (Å²) in [6.07, 6.45) is 0. The zero-order valence-corrected chi connectivity index (χ0v) is 35.8. The molecule has 0 radical (unpaired) electrons. The monoisotopic (exact) mass is 931 g/mol. The van der Waals surface area contributed by atoms with Crippen LogP contribution in [0.15, 0.2) is 206 Å². The van der Waals surface area contributed by atoms with Gasteiger partial charge >= 0.3 is 0 Å². The Balaban J connectivity index is 1.10. The van der Waals surface area contributed by atoms with Crippen LogP contribution in [0.25, 0.3) is 66.1 Å². The van der Waals surface area contributed by atoms with Crippen LogP contribution in [0.4, 0.5) is 17.1 Å². The minimum Gasteiger partial charge on any atom is -0.455 e. The molecule has 0 bridgehead atoms. The lowest BCUT2D eigenvalue weighted by molar-refractivity contribution is 0.457. The number of ether oxygens (including phenoxy) is 3. The van der Waals surface area contributed by atoms with Crippen molar-refractivity contribution in [2.45, 2.75) is 0 Å². The molecule has 0 aliphatic carbocycles. The maximum atomic E-state index is 7.18. The van der Waals surface area contributed by atoms with Crippen molar-refractivity contribution in [3.05, 3.63) is 197 Å². The van der Waals surface area contributed by atoms with E-state index in [9.17, 15) is 0 Å². The first-order valence-electron chi connectivity index (χ1n) is 20.1. The van der Waals surface area contributed by atoms with Crippen LogP contribution in [-0.4, -0.2) is 0 Å². The van der Waals surface area contributed by atoms with Crippen molar-refractivity contribution in [1.29, 1.82) is 0 Å². The number of furan rings is 2. The van der Waals surface area contributed by atoms with Crippen LogP contribution in [0.2, 0.25) is 0 Å². The van der Waals surface area contributed by atoms with Gasteiger partial charge in [0.2, 0.25) is 0 Å². The van der Waals surface area contributed by atoms with E-state index in [0.717, 1.165) is 83.2 Å². The van der Waals surface area contributed by atoms with Gasteiger partial charge in [0, 0.05) is 27.6 Å². The quantitative estimate of drug-likeness (QED) is 0.159. The summed E-state index contributed by atoms with van der Waals surface area (Å²) in [5.41, 5.74) is 9.11. The maximum absolute atomic E-state index is 7.18. The van der Waals surface area contributed by atoms with Crippen LogP contribution >= 0.6 is 31.9 Å². The molecule has 62 heavy (non-hydrogen) atoms. The summed E-state index contributed by atoms with van der Waals surface area (Å²) in [5, 5.41) is 4.08. The van der Waals surface area contributed by atoms with Gasteiger partial charge in [-0.1, -0.05) is 121 Å². The predicted octanol–water partition coefficient (Wildman–Crippen LogP) is 17.5. The minimum absolute atomic E-state index is 0.512. The van der Waals surface area contributed by atoms with Gasteiger partial charge in [0.1, 0.15) is 45.3 Å². The number of halogens is 2. The van der Waals surface area contributed by atoms with E-state index in [0.29, 0.717) is 43.4 Å². The summed E-state index contributed by atoms with van der Waals surface area (Å²) in [7, 11) is 0. The summed E-state index contributed by atoms with van der Waals surface area (Å²) < 4.78 is 35.4. The van der Waals surface area contributed by atoms with E-state index < -0.39 is 0 Å². The molecule has 0 unspecified atom stereocenters. The third-order valence-electron chi connectivity index (χ3n) is 11.3. The Morgan fingerprint density at radius 3 is 1.29 bits per heavy atom. The van der Waals surface area contributed by atoms with Gasteiger partial charge in [-0.05, 0) is 104 Å². The Morgan fingerprint density at radius 2 is 0.806 bits per heavy atom. The SMILES string of the molecule is Brc1c(Oc2ccc3c(oc4ccccc43)c2-c2ccccc2)cc(Oc2ccc3c(oc4ccccc43)c2-c2ccccc2)c(Br)c1N1c2ccccc2Oc2ccccc21. The highest BCUT2D eigenvalue weighted by Gasteiger charge is 2.32. The lowest BCUT2D eigenvalue weighted by atomic mass is 10.0. The number of anilines is 3. The number of para-hydroxylation sites is 6. The highest BCUT2D eigenvalue weighted by atomic mass is 79.9. The molecular weight excluding hydrogens is 902 g/mol. The molecule has 1 aliphatic heterocycles. The summed E-state index contributed by atoms with van der Waals surface area (Å²) in [4.78, 5) is 2.17. The molecule has 3 heterocycles. The zero-order valence-electron chi connectivity index (χ0n) is 32.6. The van der Waals surface area contributed by atoms with Crippen molar-refractivity contribution < 1.29 is 23.0 Å².